The Balaban J connectivity index is 1.80. The lowest BCUT2D eigenvalue weighted by Crippen LogP contribution is -2.62. The quantitative estimate of drug-likeness (QED) is 0.0867. The van der Waals surface area contributed by atoms with Crippen LogP contribution < -0.4 is 0 Å². The first kappa shape index (κ1) is 48.2. The number of fused-ring (bicyclic) bond motifs is 6. The number of hydrogen-bond donors (Lipinski definition) is 4. The smallest absolute Gasteiger partial charge is 0.331 e. The van der Waals surface area contributed by atoms with Crippen LogP contribution in [0, 0.1) is 10.8 Å². The maximum atomic E-state index is 13.3. The molecular formula is C44H66O15. The second-order valence-electron chi connectivity index (χ2n) is 17.5. The number of ether oxygens (including phenoxy) is 7. The molecule has 0 radical (unpaired) electrons. The average molecular weight is 835 g/mol. The maximum absolute atomic E-state index is 13.3. The van der Waals surface area contributed by atoms with E-state index in [4.69, 9.17) is 33.2 Å². The molecule has 15 heteroatoms. The first-order valence-corrected chi connectivity index (χ1v) is 20.8. The van der Waals surface area contributed by atoms with Gasteiger partial charge < -0.3 is 53.6 Å². The van der Waals surface area contributed by atoms with E-state index in [-0.39, 0.29) is 37.7 Å². The highest BCUT2D eigenvalue weighted by atomic mass is 16.7. The Labute approximate surface area is 347 Å². The Hall–Kier alpha value is -3.44. The number of aliphatic hydroxyl groups excluding tert-OH is 2. The fraction of sp³-hybridized carbons (Fsp3) is 0.727. The molecule has 4 aliphatic rings. The summed E-state index contributed by atoms with van der Waals surface area (Å²) < 4.78 is 41.6. The summed E-state index contributed by atoms with van der Waals surface area (Å²) >= 11 is 0. The fourth-order valence-electron chi connectivity index (χ4n) is 8.24. The van der Waals surface area contributed by atoms with Crippen LogP contribution >= 0.6 is 0 Å². The molecule has 0 aromatic rings. The number of cyclic esters (lactones) is 1. The normalized spacial score (nSPS) is 37.2. The number of esters is 4. The largest absolute Gasteiger partial charge is 0.466 e. The molecular weight excluding hydrogens is 768 g/mol. The number of methoxy groups -OCH3 is 1. The number of aliphatic hydroxyl groups is 4. The van der Waals surface area contributed by atoms with Crippen LogP contribution in [0.2, 0.25) is 0 Å². The zero-order valence-corrected chi connectivity index (χ0v) is 35.8. The van der Waals surface area contributed by atoms with Crippen LogP contribution in [0.25, 0.3) is 0 Å². The molecule has 0 amide bonds. The predicted octanol–water partition coefficient (Wildman–Crippen LogP) is 4.57. The van der Waals surface area contributed by atoms with Crippen LogP contribution in [0.4, 0.5) is 0 Å². The van der Waals surface area contributed by atoms with Crippen LogP contribution in [-0.2, 0) is 52.3 Å². The van der Waals surface area contributed by atoms with Crippen molar-refractivity contribution >= 4 is 23.9 Å². The van der Waals surface area contributed by atoms with Crippen LogP contribution in [0.3, 0.4) is 0 Å². The standard InChI is InChI=1S/C44H66O15/c1-9-10-11-12-13-17-37(48)57-40-29(21-38(49)53-8)20-33-24-35(27(2)45)56-39(50)23-30(47)22-34-25-36(54-28(3)46)42(6,7)43(51,58-34)26-32-16-14-15-31(55-32)18-19-41(4,5)44(40,52)59-33/h11-13,17-19,21,27,30-36,40,45,47,51-52H,9-10,14-16,20,22-26H2,1-8H3/b12-11+,17-13+,19-18-,29-21+/t27-,30-,31-,32+,33+,34-,35-,36+,40+,43+,44-/m1/s1. The van der Waals surface area contributed by atoms with E-state index in [9.17, 15) is 39.6 Å². The van der Waals surface area contributed by atoms with Gasteiger partial charge in [-0.3, -0.25) is 9.59 Å². The third kappa shape index (κ3) is 12.3. The third-order valence-corrected chi connectivity index (χ3v) is 11.9. The maximum Gasteiger partial charge on any atom is 0.331 e. The first-order valence-electron chi connectivity index (χ1n) is 20.8. The summed E-state index contributed by atoms with van der Waals surface area (Å²) in [6, 6.07) is 0. The van der Waals surface area contributed by atoms with Gasteiger partial charge in [-0.15, -0.1) is 0 Å². The van der Waals surface area contributed by atoms with E-state index in [1.54, 1.807) is 45.9 Å². The van der Waals surface area contributed by atoms with Gasteiger partial charge in [0.15, 0.2) is 11.9 Å². The Kier molecular flexibility index (Phi) is 16.7. The highest BCUT2D eigenvalue weighted by Gasteiger charge is 2.59. The molecule has 0 aromatic carbocycles. The molecule has 0 unspecified atom stereocenters. The van der Waals surface area contributed by atoms with E-state index >= 15 is 0 Å². The minimum absolute atomic E-state index is 0.00814. The second-order valence-corrected chi connectivity index (χ2v) is 17.5. The van der Waals surface area contributed by atoms with Gasteiger partial charge in [-0.2, -0.15) is 0 Å². The number of unbranched alkanes of at least 4 members (excludes halogenated alkanes) is 1. The number of hydrogen-bond acceptors (Lipinski definition) is 15. The van der Waals surface area contributed by atoms with Gasteiger partial charge in [0.2, 0.25) is 5.79 Å². The van der Waals surface area contributed by atoms with Gasteiger partial charge in [0.1, 0.15) is 12.2 Å². The summed E-state index contributed by atoms with van der Waals surface area (Å²) in [6.45, 7) is 11.5. The van der Waals surface area contributed by atoms with Gasteiger partial charge in [-0.05, 0) is 44.6 Å². The van der Waals surface area contributed by atoms with Crippen molar-refractivity contribution in [3.8, 4) is 0 Å². The highest BCUT2D eigenvalue weighted by Crippen LogP contribution is 2.50. The molecule has 15 nitrogen and oxygen atoms in total. The second kappa shape index (κ2) is 20.4. The predicted molar refractivity (Wildman–Crippen MR) is 213 cm³/mol. The summed E-state index contributed by atoms with van der Waals surface area (Å²) in [5.74, 6) is -7.23. The number of allylic oxidation sites excluding steroid dienone is 3. The summed E-state index contributed by atoms with van der Waals surface area (Å²) in [5.41, 5.74) is -2.33. The van der Waals surface area contributed by atoms with E-state index < -0.39 is 108 Å². The molecule has 3 saturated heterocycles. The van der Waals surface area contributed by atoms with Crippen molar-refractivity contribution in [1.29, 1.82) is 0 Å². The van der Waals surface area contributed by atoms with E-state index in [0.717, 1.165) is 18.9 Å². The summed E-state index contributed by atoms with van der Waals surface area (Å²) in [6.07, 6.45) is 4.85. The van der Waals surface area contributed by atoms with Crippen LogP contribution in [0.5, 0.6) is 0 Å². The summed E-state index contributed by atoms with van der Waals surface area (Å²) in [7, 11) is 1.19. The van der Waals surface area contributed by atoms with Gasteiger partial charge in [-0.25, -0.2) is 9.59 Å². The molecule has 4 heterocycles. The van der Waals surface area contributed by atoms with E-state index in [2.05, 4.69) is 0 Å². The molecule has 0 aromatic heterocycles. The number of carbonyl (C=O) groups excluding carboxylic acids is 4. The van der Waals surface area contributed by atoms with Crippen molar-refractivity contribution in [1.82, 2.24) is 0 Å². The van der Waals surface area contributed by atoms with Crippen molar-refractivity contribution in [2.45, 2.75) is 186 Å². The van der Waals surface area contributed by atoms with Gasteiger partial charge >= 0.3 is 23.9 Å². The molecule has 0 aliphatic carbocycles. The molecule has 0 spiro atoms. The van der Waals surface area contributed by atoms with Crippen LogP contribution in [0.1, 0.15) is 119 Å². The van der Waals surface area contributed by atoms with Gasteiger partial charge in [-0.1, -0.05) is 71.4 Å². The SMILES string of the molecule is CCC/C=C/C=C/C(=O)O[C@H]1/C(=C/C(=O)OC)C[C@H]2C[C@H]([C@@H](C)O)OC(=O)C[C@H](O)C[C@@H]3C[C@H](OC(C)=O)C(C)(C)[C@](O)(C[C@@H]4CCC[C@H](/C=C\C(C)(C)[C@]1(O)O2)O4)O3. The number of rotatable bonds is 8. The highest BCUT2D eigenvalue weighted by molar-refractivity contribution is 5.84. The average Bonchev–Trinajstić information content (AvgIpc) is 3.13. The Morgan fingerprint density at radius 2 is 1.69 bits per heavy atom. The molecule has 4 N–H and O–H groups in total. The molecule has 3 fully saturated rings. The van der Waals surface area contributed by atoms with Crippen LogP contribution in [0.15, 0.2) is 48.1 Å². The molecule has 4 rings (SSSR count). The van der Waals surface area contributed by atoms with Crippen molar-refractivity contribution in [2.75, 3.05) is 7.11 Å². The van der Waals surface area contributed by atoms with Crippen LogP contribution in [-0.4, -0.2) is 118 Å². The zero-order valence-electron chi connectivity index (χ0n) is 35.8. The van der Waals surface area contributed by atoms with Gasteiger partial charge in [0.05, 0.1) is 55.6 Å². The van der Waals surface area contributed by atoms with Crippen molar-refractivity contribution in [2.24, 2.45) is 10.8 Å². The van der Waals surface area contributed by atoms with Gasteiger partial charge in [0.25, 0.3) is 0 Å². The van der Waals surface area contributed by atoms with Gasteiger partial charge in [0, 0.05) is 50.2 Å². The Morgan fingerprint density at radius 1 is 0.966 bits per heavy atom. The Bertz CT molecular complexity index is 1600. The van der Waals surface area contributed by atoms with Crippen molar-refractivity contribution in [3.05, 3.63) is 48.1 Å². The number of carbonyl (C=O) groups is 4. The summed E-state index contributed by atoms with van der Waals surface area (Å²) in [5, 5.41) is 47.1. The Morgan fingerprint density at radius 3 is 2.36 bits per heavy atom. The van der Waals surface area contributed by atoms with E-state index in [1.165, 1.54) is 33.1 Å². The van der Waals surface area contributed by atoms with Crippen molar-refractivity contribution in [3.63, 3.8) is 0 Å². The van der Waals surface area contributed by atoms with E-state index in [0.29, 0.717) is 19.3 Å². The molecule has 4 aliphatic heterocycles. The summed E-state index contributed by atoms with van der Waals surface area (Å²) in [4.78, 5) is 51.7. The van der Waals surface area contributed by atoms with Crippen molar-refractivity contribution < 1.29 is 72.8 Å². The minimum atomic E-state index is -2.36. The monoisotopic (exact) mass is 834 g/mol. The molecule has 0 saturated carbocycles. The minimum Gasteiger partial charge on any atom is -0.466 e. The molecule has 332 valence electrons. The third-order valence-electron chi connectivity index (χ3n) is 11.9. The molecule has 6 bridgehead atoms. The lowest BCUT2D eigenvalue weighted by molar-refractivity contribution is -0.349. The first-order chi connectivity index (χ1) is 27.6. The fourth-order valence-corrected chi connectivity index (χ4v) is 8.24. The molecule has 59 heavy (non-hydrogen) atoms. The lowest BCUT2D eigenvalue weighted by Gasteiger charge is -2.53. The van der Waals surface area contributed by atoms with E-state index in [1.807, 2.05) is 13.0 Å². The lowest BCUT2D eigenvalue weighted by atomic mass is 9.70. The molecule has 11 atom stereocenters. The zero-order chi connectivity index (χ0) is 43.8. The topological polar surface area (TPSA) is 214 Å².